The van der Waals surface area contributed by atoms with Gasteiger partial charge in [-0.1, -0.05) is 76.4 Å². The fourth-order valence-electron chi connectivity index (χ4n) is 4.84. The molecule has 2 rings (SSSR count). The van der Waals surface area contributed by atoms with Crippen molar-refractivity contribution in [1.82, 2.24) is 0 Å². The van der Waals surface area contributed by atoms with Crippen LogP contribution in [0.15, 0.2) is 93.5 Å². The van der Waals surface area contributed by atoms with E-state index in [2.05, 4.69) is 65.0 Å². The molecule has 0 N–H and O–H groups in total. The summed E-state index contributed by atoms with van der Waals surface area (Å²) in [5, 5.41) is 0. The highest BCUT2D eigenvalue weighted by Gasteiger charge is 2.15. The minimum Gasteiger partial charge on any atom is -0.353 e. The molecule has 4 nitrogen and oxygen atoms in total. The van der Waals surface area contributed by atoms with Crippen LogP contribution in [0.2, 0.25) is 0 Å². The Labute approximate surface area is 251 Å². The number of ether oxygens (including phenoxy) is 2. The third kappa shape index (κ3) is 15.0. The van der Waals surface area contributed by atoms with Gasteiger partial charge in [0.05, 0.1) is 17.3 Å². The molecule has 0 spiro atoms. The Morgan fingerprint density at radius 3 is 2.17 bits per heavy atom. The van der Waals surface area contributed by atoms with Crippen molar-refractivity contribution in [3.05, 3.63) is 88.6 Å². The van der Waals surface area contributed by atoms with Gasteiger partial charge in [0.2, 0.25) is 0 Å². The molecule has 41 heavy (non-hydrogen) atoms. The molecule has 0 radical (unpaired) electrons. The summed E-state index contributed by atoms with van der Waals surface area (Å²) in [4.78, 5) is 0.389. The van der Waals surface area contributed by atoms with Crippen molar-refractivity contribution in [1.29, 1.82) is 0 Å². The predicted molar refractivity (Wildman–Crippen MR) is 174 cm³/mol. The van der Waals surface area contributed by atoms with Crippen LogP contribution in [-0.4, -0.2) is 33.7 Å². The second-order valence-corrected chi connectivity index (χ2v) is 13.8. The van der Waals surface area contributed by atoms with E-state index in [0.29, 0.717) is 17.4 Å². The summed E-state index contributed by atoms with van der Waals surface area (Å²) in [6, 6.07) is 8.71. The van der Waals surface area contributed by atoms with E-state index in [9.17, 15) is 8.42 Å². The van der Waals surface area contributed by atoms with Gasteiger partial charge in [0.1, 0.15) is 0 Å². The Balaban J connectivity index is 1.85. The van der Waals surface area contributed by atoms with Crippen molar-refractivity contribution >= 4 is 9.84 Å². The second-order valence-electron chi connectivity index (χ2n) is 11.8. The van der Waals surface area contributed by atoms with E-state index in [4.69, 9.17) is 9.47 Å². The van der Waals surface area contributed by atoms with Gasteiger partial charge >= 0.3 is 0 Å². The highest BCUT2D eigenvalue weighted by Crippen LogP contribution is 2.24. The third-order valence-corrected chi connectivity index (χ3v) is 9.44. The molecule has 1 aromatic carbocycles. The van der Waals surface area contributed by atoms with Crippen LogP contribution in [0.25, 0.3) is 0 Å². The smallest absolute Gasteiger partial charge is 0.182 e. The molecule has 228 valence electrons. The van der Waals surface area contributed by atoms with Crippen LogP contribution < -0.4 is 0 Å². The molecule has 1 heterocycles. The summed E-state index contributed by atoms with van der Waals surface area (Å²) in [5.41, 5.74) is 6.43. The van der Waals surface area contributed by atoms with E-state index >= 15 is 0 Å². The summed E-state index contributed by atoms with van der Waals surface area (Å²) in [5.74, 6) is 0.565. The maximum Gasteiger partial charge on any atom is 0.182 e. The molecular weight excluding hydrogens is 528 g/mol. The molecule has 1 aromatic rings. The number of benzene rings is 1. The number of rotatable bonds is 17. The van der Waals surface area contributed by atoms with Crippen molar-refractivity contribution in [2.45, 2.75) is 111 Å². The number of allylic oxidation sites excluding steroid dienone is 8. The first-order valence-corrected chi connectivity index (χ1v) is 17.0. The fraction of sp³-hybridized carbons (Fsp3) is 0.556. The van der Waals surface area contributed by atoms with Crippen LogP contribution in [0.3, 0.4) is 0 Å². The summed E-state index contributed by atoms with van der Waals surface area (Å²) in [7, 11) is -3.29. The zero-order valence-corrected chi connectivity index (χ0v) is 27.3. The Kier molecular flexibility index (Phi) is 16.3. The van der Waals surface area contributed by atoms with Gasteiger partial charge in [0, 0.05) is 6.61 Å². The Hall–Kier alpha value is -2.21. The average Bonchev–Trinajstić information content (AvgIpc) is 2.93. The second kappa shape index (κ2) is 19.1. The van der Waals surface area contributed by atoms with Crippen molar-refractivity contribution < 1.29 is 17.9 Å². The normalized spacial score (nSPS) is 18.3. The molecule has 0 aliphatic carbocycles. The predicted octanol–water partition coefficient (Wildman–Crippen LogP) is 9.71. The zero-order chi connectivity index (χ0) is 30.1. The maximum absolute atomic E-state index is 12.6. The first-order chi connectivity index (χ1) is 19.6. The van der Waals surface area contributed by atoms with E-state index in [1.54, 1.807) is 24.3 Å². The molecule has 0 aromatic heterocycles. The number of sulfone groups is 1. The van der Waals surface area contributed by atoms with Gasteiger partial charge in [-0.05, 0) is 117 Å². The van der Waals surface area contributed by atoms with E-state index < -0.39 is 9.84 Å². The summed E-state index contributed by atoms with van der Waals surface area (Å²) in [6.07, 6.45) is 20.7. The lowest BCUT2D eigenvalue weighted by atomic mass is 9.90. The Morgan fingerprint density at radius 2 is 1.51 bits per heavy atom. The molecule has 1 aliphatic rings. The number of hydrogen-bond donors (Lipinski definition) is 0. The molecule has 0 saturated carbocycles. The molecule has 0 amide bonds. The van der Waals surface area contributed by atoms with Crippen LogP contribution in [0, 0.1) is 5.92 Å². The zero-order valence-electron chi connectivity index (χ0n) is 26.5. The van der Waals surface area contributed by atoms with Gasteiger partial charge in [-0.15, -0.1) is 0 Å². The van der Waals surface area contributed by atoms with E-state index in [0.717, 1.165) is 63.5 Å². The van der Waals surface area contributed by atoms with Crippen molar-refractivity contribution in [2.75, 3.05) is 19.0 Å². The molecule has 2 unspecified atom stereocenters. The summed E-state index contributed by atoms with van der Waals surface area (Å²) >= 11 is 0. The lowest BCUT2D eigenvalue weighted by Crippen LogP contribution is -2.22. The SMILES string of the molecule is CC(C)=CCC(C/C=C(\C)CC/C=C(\C)CS(=O)(=O)c1ccccc1)C(C)=CCCC(C)=CCOC1CCCCO1. The molecule has 1 aliphatic heterocycles. The van der Waals surface area contributed by atoms with Crippen LogP contribution in [-0.2, 0) is 19.3 Å². The molecular formula is C36H54O4S. The fourth-order valence-corrected chi connectivity index (χ4v) is 6.30. The monoisotopic (exact) mass is 582 g/mol. The van der Waals surface area contributed by atoms with E-state index in [1.807, 2.05) is 13.0 Å². The van der Waals surface area contributed by atoms with Gasteiger partial charge in [-0.25, -0.2) is 8.42 Å². The lowest BCUT2D eigenvalue weighted by Gasteiger charge is -2.22. The highest BCUT2D eigenvalue weighted by atomic mass is 32.2. The van der Waals surface area contributed by atoms with Gasteiger partial charge in [-0.2, -0.15) is 0 Å². The quantitative estimate of drug-likeness (QED) is 0.172. The minimum absolute atomic E-state index is 0.0295. The first-order valence-electron chi connectivity index (χ1n) is 15.3. The maximum atomic E-state index is 12.6. The van der Waals surface area contributed by atoms with Crippen LogP contribution in [0.1, 0.15) is 99.3 Å². The molecule has 5 heteroatoms. The standard InChI is InChI=1S/C36H54O4S/c1-29(2)21-23-34(33(6)17-13-15-31(4)25-27-40-36-20-10-11-26-39-36)24-22-30(3)14-12-16-32(5)28-41(37,38)35-18-8-7-9-19-35/h7-9,16-19,21-22,25,34,36H,10-15,20,23-24,26-28H2,1-6H3/b30-22+,31-25?,32-16+,33-17?. The van der Waals surface area contributed by atoms with Crippen molar-refractivity contribution in [2.24, 2.45) is 5.92 Å². The lowest BCUT2D eigenvalue weighted by molar-refractivity contribution is -0.155. The minimum atomic E-state index is -3.29. The van der Waals surface area contributed by atoms with Crippen LogP contribution in [0.4, 0.5) is 0 Å². The highest BCUT2D eigenvalue weighted by molar-refractivity contribution is 7.91. The molecule has 1 fully saturated rings. The summed E-state index contributed by atoms with van der Waals surface area (Å²) in [6.45, 7) is 14.3. The average molecular weight is 583 g/mol. The van der Waals surface area contributed by atoms with Crippen LogP contribution >= 0.6 is 0 Å². The Bertz CT molecular complexity index is 1160. The van der Waals surface area contributed by atoms with Crippen molar-refractivity contribution in [3.63, 3.8) is 0 Å². The number of hydrogen-bond acceptors (Lipinski definition) is 4. The van der Waals surface area contributed by atoms with Crippen molar-refractivity contribution in [3.8, 4) is 0 Å². The van der Waals surface area contributed by atoms with Gasteiger partial charge in [-0.3, -0.25) is 0 Å². The Morgan fingerprint density at radius 1 is 0.854 bits per heavy atom. The first kappa shape index (κ1) is 35.0. The van der Waals surface area contributed by atoms with Gasteiger partial charge < -0.3 is 9.47 Å². The molecule has 1 saturated heterocycles. The van der Waals surface area contributed by atoms with Gasteiger partial charge in [0.15, 0.2) is 16.1 Å². The van der Waals surface area contributed by atoms with Gasteiger partial charge in [0.25, 0.3) is 0 Å². The topological polar surface area (TPSA) is 52.6 Å². The molecule has 0 bridgehead atoms. The molecule has 2 atom stereocenters. The summed E-state index contributed by atoms with van der Waals surface area (Å²) < 4.78 is 36.8. The van der Waals surface area contributed by atoms with Crippen LogP contribution in [0.5, 0.6) is 0 Å². The third-order valence-electron chi connectivity index (χ3n) is 7.61. The van der Waals surface area contributed by atoms with E-state index in [1.165, 1.54) is 28.7 Å². The largest absolute Gasteiger partial charge is 0.353 e. The van der Waals surface area contributed by atoms with E-state index in [-0.39, 0.29) is 12.0 Å².